The summed E-state index contributed by atoms with van der Waals surface area (Å²) in [5.41, 5.74) is 6.65. The first-order valence-corrected chi connectivity index (χ1v) is 9.64. The fourth-order valence-corrected chi connectivity index (χ4v) is 4.98. The first-order chi connectivity index (χ1) is 12.6. The Morgan fingerprint density at radius 3 is 2.81 bits per heavy atom. The van der Waals surface area contributed by atoms with Gasteiger partial charge in [0.05, 0.1) is 5.52 Å². The number of halogens is 1. The van der Waals surface area contributed by atoms with Crippen LogP contribution >= 0.6 is 11.6 Å². The molecule has 2 bridgehead atoms. The highest BCUT2D eigenvalue weighted by Crippen LogP contribution is 2.47. The molecule has 0 aliphatic carbocycles. The predicted molar refractivity (Wildman–Crippen MR) is 108 cm³/mol. The molecule has 26 heavy (non-hydrogen) atoms. The average molecular weight is 364 g/mol. The number of hydrogen-bond acceptors (Lipinski definition) is 2. The highest BCUT2D eigenvalue weighted by Gasteiger charge is 2.40. The molecule has 0 N–H and O–H groups in total. The largest absolute Gasteiger partial charge is 0.320 e. The molecule has 0 amide bonds. The van der Waals surface area contributed by atoms with E-state index in [0.29, 0.717) is 12.1 Å². The van der Waals surface area contributed by atoms with Gasteiger partial charge >= 0.3 is 0 Å². The molecule has 1 saturated heterocycles. The minimum absolute atomic E-state index is 0.514. The van der Waals surface area contributed by atoms with Crippen LogP contribution in [-0.2, 0) is 6.42 Å². The van der Waals surface area contributed by atoms with Crippen molar-refractivity contribution in [1.29, 1.82) is 0 Å². The van der Waals surface area contributed by atoms with E-state index < -0.39 is 0 Å². The number of allylic oxidation sites excluding steroid dienone is 1. The zero-order chi connectivity index (χ0) is 17.8. The van der Waals surface area contributed by atoms with E-state index in [0.717, 1.165) is 11.4 Å². The SMILES string of the molecule is CC(=Cn1c2c(c3cc(Cl)ccc31)C1CCC(C2)N1C)c1ccncc1. The van der Waals surface area contributed by atoms with Gasteiger partial charge < -0.3 is 4.57 Å². The van der Waals surface area contributed by atoms with Crippen LogP contribution in [0.1, 0.15) is 42.6 Å². The van der Waals surface area contributed by atoms with E-state index in [1.165, 1.54) is 46.1 Å². The lowest BCUT2D eigenvalue weighted by Gasteiger charge is -2.32. The van der Waals surface area contributed by atoms with Gasteiger partial charge in [0, 0.05) is 53.2 Å². The van der Waals surface area contributed by atoms with E-state index in [4.69, 9.17) is 11.6 Å². The van der Waals surface area contributed by atoms with Crippen LogP contribution in [0.2, 0.25) is 5.02 Å². The lowest BCUT2D eigenvalue weighted by atomic mass is 9.97. The van der Waals surface area contributed by atoms with Gasteiger partial charge in [0.2, 0.25) is 0 Å². The van der Waals surface area contributed by atoms with Crippen LogP contribution in [0.3, 0.4) is 0 Å². The van der Waals surface area contributed by atoms with E-state index >= 15 is 0 Å². The minimum atomic E-state index is 0.514. The van der Waals surface area contributed by atoms with Crippen molar-refractivity contribution >= 4 is 34.3 Å². The third-order valence-electron chi connectivity index (χ3n) is 6.17. The molecular weight excluding hydrogens is 342 g/mol. The molecule has 2 aromatic heterocycles. The third kappa shape index (κ3) is 2.34. The lowest BCUT2D eigenvalue weighted by molar-refractivity contribution is 0.223. The summed E-state index contributed by atoms with van der Waals surface area (Å²) in [6.45, 7) is 2.17. The second-order valence-corrected chi connectivity index (χ2v) is 7.99. The number of benzene rings is 1. The molecule has 2 atom stereocenters. The second-order valence-electron chi connectivity index (χ2n) is 7.56. The summed E-state index contributed by atoms with van der Waals surface area (Å²) in [4.78, 5) is 6.70. The Balaban J connectivity index is 1.75. The summed E-state index contributed by atoms with van der Waals surface area (Å²) >= 11 is 6.36. The van der Waals surface area contributed by atoms with Crippen molar-refractivity contribution in [3.63, 3.8) is 0 Å². The normalized spacial score (nSPS) is 22.8. The molecule has 0 radical (unpaired) electrons. The maximum absolute atomic E-state index is 6.36. The van der Waals surface area contributed by atoms with Crippen molar-refractivity contribution in [2.45, 2.75) is 38.3 Å². The van der Waals surface area contributed by atoms with E-state index in [9.17, 15) is 0 Å². The number of rotatable bonds is 2. The van der Waals surface area contributed by atoms with Gasteiger partial charge in [-0.25, -0.2) is 0 Å². The fraction of sp³-hybridized carbons (Fsp3) is 0.318. The summed E-state index contributed by atoms with van der Waals surface area (Å²) in [5, 5.41) is 2.12. The fourth-order valence-electron chi connectivity index (χ4n) is 4.80. The van der Waals surface area contributed by atoms with Crippen molar-refractivity contribution in [3.05, 3.63) is 64.6 Å². The van der Waals surface area contributed by atoms with Gasteiger partial charge in [-0.3, -0.25) is 9.88 Å². The zero-order valence-electron chi connectivity index (χ0n) is 15.1. The Labute approximate surface area is 158 Å². The van der Waals surface area contributed by atoms with Crippen LogP contribution in [0.25, 0.3) is 22.7 Å². The number of hydrogen-bond donors (Lipinski definition) is 0. The molecule has 4 heteroatoms. The van der Waals surface area contributed by atoms with Gasteiger partial charge in [-0.15, -0.1) is 0 Å². The van der Waals surface area contributed by atoms with Gasteiger partial charge in [0.15, 0.2) is 0 Å². The van der Waals surface area contributed by atoms with Gasteiger partial charge in [0.1, 0.15) is 0 Å². The van der Waals surface area contributed by atoms with Crippen LogP contribution in [-0.4, -0.2) is 27.5 Å². The van der Waals surface area contributed by atoms with Gasteiger partial charge in [-0.05, 0) is 73.8 Å². The van der Waals surface area contributed by atoms with Crippen molar-refractivity contribution in [2.75, 3.05) is 7.05 Å². The quantitative estimate of drug-likeness (QED) is 0.607. The Morgan fingerprint density at radius 1 is 1.19 bits per heavy atom. The summed E-state index contributed by atoms with van der Waals surface area (Å²) in [6, 6.07) is 11.6. The lowest BCUT2D eigenvalue weighted by Crippen LogP contribution is -2.34. The summed E-state index contributed by atoms with van der Waals surface area (Å²) in [6.07, 6.45) is 9.62. The molecule has 1 aromatic carbocycles. The topological polar surface area (TPSA) is 21.1 Å². The molecule has 0 spiro atoms. The molecule has 132 valence electrons. The molecule has 2 unspecified atom stereocenters. The third-order valence-corrected chi connectivity index (χ3v) is 6.41. The predicted octanol–water partition coefficient (Wildman–Crippen LogP) is 5.40. The molecule has 2 aliphatic rings. The first-order valence-electron chi connectivity index (χ1n) is 9.26. The van der Waals surface area contributed by atoms with Crippen LogP contribution in [0.5, 0.6) is 0 Å². The molecule has 1 fully saturated rings. The highest BCUT2D eigenvalue weighted by molar-refractivity contribution is 6.31. The second kappa shape index (κ2) is 5.97. The smallest absolute Gasteiger partial charge is 0.0529 e. The molecule has 5 rings (SSSR count). The van der Waals surface area contributed by atoms with E-state index in [1.807, 2.05) is 18.5 Å². The molecule has 3 nitrogen and oxygen atoms in total. The molecular formula is C22H22ClN3. The van der Waals surface area contributed by atoms with Crippen molar-refractivity contribution < 1.29 is 0 Å². The maximum Gasteiger partial charge on any atom is 0.0529 e. The van der Waals surface area contributed by atoms with Gasteiger partial charge in [-0.2, -0.15) is 0 Å². The number of nitrogens with zero attached hydrogens (tertiary/aromatic N) is 3. The number of aromatic nitrogens is 2. The van der Waals surface area contributed by atoms with Gasteiger partial charge in [0.25, 0.3) is 0 Å². The van der Waals surface area contributed by atoms with Crippen molar-refractivity contribution in [2.24, 2.45) is 0 Å². The minimum Gasteiger partial charge on any atom is -0.320 e. The molecule has 4 heterocycles. The Hall–Kier alpha value is -2.10. The van der Waals surface area contributed by atoms with E-state index in [2.05, 4.69) is 58.9 Å². The number of likely N-dealkylation sites (N-methyl/N-ethyl adjacent to an activating group) is 1. The van der Waals surface area contributed by atoms with Crippen LogP contribution in [0.4, 0.5) is 0 Å². The van der Waals surface area contributed by atoms with Crippen molar-refractivity contribution in [3.8, 4) is 0 Å². The summed E-state index contributed by atoms with van der Waals surface area (Å²) in [5.74, 6) is 0. The number of pyridine rings is 1. The first kappa shape index (κ1) is 16.1. The standard InChI is InChI=1S/C22H22ClN3/c1-14(15-7-9-24-10-8-15)13-26-19-5-3-16(23)11-18(19)22-20-6-4-17(25(20)2)12-21(22)26/h3,5,7-11,13,17,20H,4,6,12H2,1-2H3. The Kier molecular flexibility index (Phi) is 3.70. The summed E-state index contributed by atoms with van der Waals surface area (Å²) < 4.78 is 2.41. The van der Waals surface area contributed by atoms with E-state index in [-0.39, 0.29) is 0 Å². The van der Waals surface area contributed by atoms with Crippen molar-refractivity contribution in [1.82, 2.24) is 14.5 Å². The van der Waals surface area contributed by atoms with E-state index in [1.54, 1.807) is 0 Å². The average Bonchev–Trinajstić information content (AvgIpc) is 3.06. The zero-order valence-corrected chi connectivity index (χ0v) is 15.9. The highest BCUT2D eigenvalue weighted by atomic mass is 35.5. The molecule has 2 aliphatic heterocycles. The van der Waals surface area contributed by atoms with Gasteiger partial charge in [-0.1, -0.05) is 11.6 Å². The monoisotopic (exact) mass is 363 g/mol. The summed E-state index contributed by atoms with van der Waals surface area (Å²) in [7, 11) is 2.27. The Morgan fingerprint density at radius 2 is 2.00 bits per heavy atom. The molecule has 0 saturated carbocycles. The van der Waals surface area contributed by atoms with Crippen LogP contribution in [0, 0.1) is 0 Å². The maximum atomic E-state index is 6.36. The molecule has 3 aromatic rings. The Bertz CT molecular complexity index is 1020. The van der Waals surface area contributed by atoms with Crippen LogP contribution < -0.4 is 0 Å². The van der Waals surface area contributed by atoms with Crippen LogP contribution in [0.15, 0.2) is 42.7 Å². The number of fused-ring (bicyclic) bond motifs is 6.